The molecule has 0 unspecified atom stereocenters. The summed E-state index contributed by atoms with van der Waals surface area (Å²) in [4.78, 5) is 0. The second kappa shape index (κ2) is 5.41. The SMILES string of the molecule is CCC[C@@H](CC)B1[C@@H]2CCCC[C@H]1CC2. The third-order valence-electron chi connectivity index (χ3n) is 5.12. The fourth-order valence-corrected chi connectivity index (χ4v) is 4.49. The maximum absolute atomic E-state index is 2.42. The summed E-state index contributed by atoms with van der Waals surface area (Å²) < 4.78 is 0. The van der Waals surface area contributed by atoms with Crippen molar-refractivity contribution >= 4 is 6.71 Å². The number of hydrogen-bond donors (Lipinski definition) is 0. The molecule has 0 aromatic heterocycles. The standard InChI is InChI=1S/C14H27B/c1-3-7-12(4-2)15-13-8-5-6-9-14(15)11-10-13/h12-14H,3-11H2,1-2H3/t12-,13-,14+/m1/s1. The van der Waals surface area contributed by atoms with Crippen molar-refractivity contribution < 1.29 is 0 Å². The molecule has 2 saturated heterocycles. The molecule has 0 aromatic carbocycles. The molecule has 0 amide bonds. The van der Waals surface area contributed by atoms with E-state index in [-0.39, 0.29) is 0 Å². The Balaban J connectivity index is 2.04. The first kappa shape index (κ1) is 11.5. The van der Waals surface area contributed by atoms with Crippen molar-refractivity contribution in [1.82, 2.24) is 0 Å². The molecule has 0 nitrogen and oxygen atoms in total. The molecule has 0 aromatic rings. The second-order valence-electron chi connectivity index (χ2n) is 5.92. The van der Waals surface area contributed by atoms with E-state index in [1.54, 1.807) is 25.7 Å². The molecule has 0 spiro atoms. The molecule has 0 N–H and O–H groups in total. The fourth-order valence-electron chi connectivity index (χ4n) is 4.49. The van der Waals surface area contributed by atoms with Gasteiger partial charge in [0, 0.05) is 0 Å². The Bertz CT molecular complexity index is 176. The second-order valence-corrected chi connectivity index (χ2v) is 5.92. The van der Waals surface area contributed by atoms with E-state index in [2.05, 4.69) is 13.8 Å². The lowest BCUT2D eigenvalue weighted by atomic mass is 9.29. The minimum Gasteiger partial charge on any atom is -0.0658 e. The lowest BCUT2D eigenvalue weighted by Crippen LogP contribution is -2.25. The number of fused-ring (bicyclic) bond motifs is 2. The van der Waals surface area contributed by atoms with Crippen molar-refractivity contribution in [3.05, 3.63) is 0 Å². The first-order valence-corrected chi connectivity index (χ1v) is 7.36. The largest absolute Gasteiger partial charge is 0.149 e. The maximum Gasteiger partial charge on any atom is 0.149 e. The van der Waals surface area contributed by atoms with Crippen LogP contribution in [0.3, 0.4) is 0 Å². The molecular weight excluding hydrogens is 179 g/mol. The maximum atomic E-state index is 2.42. The van der Waals surface area contributed by atoms with Gasteiger partial charge in [0.15, 0.2) is 0 Å². The first-order valence-electron chi connectivity index (χ1n) is 7.36. The number of rotatable bonds is 4. The van der Waals surface area contributed by atoms with E-state index in [1.807, 2.05) is 0 Å². The normalized spacial score (nSPS) is 32.8. The zero-order chi connectivity index (χ0) is 10.7. The molecule has 0 radical (unpaired) electrons. The summed E-state index contributed by atoms with van der Waals surface area (Å²) in [6.07, 6.45) is 13.6. The molecule has 2 bridgehead atoms. The summed E-state index contributed by atoms with van der Waals surface area (Å²) in [6, 6.07) is 0. The van der Waals surface area contributed by atoms with Crippen LogP contribution in [0.25, 0.3) is 0 Å². The van der Waals surface area contributed by atoms with E-state index in [1.165, 1.54) is 32.1 Å². The van der Waals surface area contributed by atoms with Crippen LogP contribution >= 0.6 is 0 Å². The summed E-state index contributed by atoms with van der Waals surface area (Å²) in [5.74, 6) is 3.30. The molecule has 2 aliphatic heterocycles. The average Bonchev–Trinajstić information content (AvgIpc) is 2.49. The fraction of sp³-hybridized carbons (Fsp3) is 1.00. The lowest BCUT2D eigenvalue weighted by molar-refractivity contribution is 0.548. The summed E-state index contributed by atoms with van der Waals surface area (Å²) in [5.41, 5.74) is 0. The smallest absolute Gasteiger partial charge is 0.0658 e. The molecule has 1 heteroatoms. The van der Waals surface area contributed by atoms with Crippen molar-refractivity contribution in [2.45, 2.75) is 89.1 Å². The van der Waals surface area contributed by atoms with Crippen molar-refractivity contribution in [2.75, 3.05) is 0 Å². The van der Waals surface area contributed by atoms with Gasteiger partial charge >= 0.3 is 0 Å². The highest BCUT2D eigenvalue weighted by Crippen LogP contribution is 2.52. The van der Waals surface area contributed by atoms with Crippen LogP contribution in [0.1, 0.15) is 71.6 Å². The Hall–Kier alpha value is 0.0649. The molecule has 3 atom stereocenters. The summed E-state index contributed by atoms with van der Waals surface area (Å²) >= 11 is 0. The topological polar surface area (TPSA) is 0 Å². The highest BCUT2D eigenvalue weighted by Gasteiger charge is 2.43. The van der Waals surface area contributed by atoms with Crippen LogP contribution in [0, 0.1) is 0 Å². The molecule has 2 heterocycles. The molecule has 2 aliphatic rings. The van der Waals surface area contributed by atoms with E-state index in [9.17, 15) is 0 Å². The minimum absolute atomic E-state index is 1.06. The van der Waals surface area contributed by atoms with Gasteiger partial charge in [0.25, 0.3) is 0 Å². The van der Waals surface area contributed by atoms with E-state index in [0.29, 0.717) is 0 Å². The van der Waals surface area contributed by atoms with Crippen LogP contribution in [0.5, 0.6) is 0 Å². The van der Waals surface area contributed by atoms with Gasteiger partial charge < -0.3 is 0 Å². The van der Waals surface area contributed by atoms with Gasteiger partial charge in [-0.3, -0.25) is 0 Å². The van der Waals surface area contributed by atoms with Crippen molar-refractivity contribution in [3.63, 3.8) is 0 Å². The van der Waals surface area contributed by atoms with Crippen LogP contribution in [-0.4, -0.2) is 6.71 Å². The summed E-state index contributed by atoms with van der Waals surface area (Å²) in [5, 5.41) is 0. The summed E-state index contributed by atoms with van der Waals surface area (Å²) in [6.45, 7) is 5.91. The van der Waals surface area contributed by atoms with Crippen LogP contribution < -0.4 is 0 Å². The van der Waals surface area contributed by atoms with Crippen LogP contribution in [0.2, 0.25) is 17.5 Å². The van der Waals surface area contributed by atoms with Gasteiger partial charge in [-0.2, -0.15) is 0 Å². The Morgan fingerprint density at radius 3 is 2.07 bits per heavy atom. The van der Waals surface area contributed by atoms with E-state index in [4.69, 9.17) is 0 Å². The Labute approximate surface area is 96.3 Å². The third kappa shape index (κ3) is 2.42. The Kier molecular flexibility index (Phi) is 4.17. The van der Waals surface area contributed by atoms with Gasteiger partial charge in [0.05, 0.1) is 0 Å². The summed E-state index contributed by atoms with van der Waals surface area (Å²) in [7, 11) is 0. The monoisotopic (exact) mass is 206 g/mol. The predicted molar refractivity (Wildman–Crippen MR) is 69.9 cm³/mol. The van der Waals surface area contributed by atoms with Gasteiger partial charge in [-0.05, 0) is 0 Å². The predicted octanol–water partition coefficient (Wildman–Crippen LogP) is 5.17. The quantitative estimate of drug-likeness (QED) is 0.556. The van der Waals surface area contributed by atoms with Gasteiger partial charge in [0.1, 0.15) is 6.71 Å². The van der Waals surface area contributed by atoms with E-state index < -0.39 is 0 Å². The molecule has 0 aliphatic carbocycles. The number of hydrogen-bond acceptors (Lipinski definition) is 0. The molecule has 2 rings (SSSR count). The molecule has 0 saturated carbocycles. The van der Waals surface area contributed by atoms with Crippen molar-refractivity contribution in [2.24, 2.45) is 0 Å². The highest BCUT2D eigenvalue weighted by molar-refractivity contribution is 6.64. The molecule has 2 fully saturated rings. The van der Waals surface area contributed by atoms with Crippen molar-refractivity contribution in [3.8, 4) is 0 Å². The van der Waals surface area contributed by atoms with Crippen LogP contribution in [0.4, 0.5) is 0 Å². The third-order valence-corrected chi connectivity index (χ3v) is 5.12. The van der Waals surface area contributed by atoms with Gasteiger partial charge in [-0.1, -0.05) is 89.1 Å². The van der Waals surface area contributed by atoms with Gasteiger partial charge in [0.2, 0.25) is 0 Å². The van der Waals surface area contributed by atoms with E-state index in [0.717, 1.165) is 24.2 Å². The van der Waals surface area contributed by atoms with Crippen molar-refractivity contribution in [1.29, 1.82) is 0 Å². The van der Waals surface area contributed by atoms with Crippen LogP contribution in [-0.2, 0) is 0 Å². The zero-order valence-corrected chi connectivity index (χ0v) is 10.7. The van der Waals surface area contributed by atoms with Gasteiger partial charge in [-0.15, -0.1) is 0 Å². The molecule has 15 heavy (non-hydrogen) atoms. The Morgan fingerprint density at radius 1 is 1.00 bits per heavy atom. The Morgan fingerprint density at radius 2 is 1.60 bits per heavy atom. The average molecular weight is 206 g/mol. The lowest BCUT2D eigenvalue weighted by Gasteiger charge is -2.27. The molecular formula is C14H27B. The van der Waals surface area contributed by atoms with Crippen LogP contribution in [0.15, 0.2) is 0 Å². The highest BCUT2D eigenvalue weighted by atomic mass is 14.3. The first-order chi connectivity index (χ1) is 7.36. The molecule has 86 valence electrons. The van der Waals surface area contributed by atoms with Gasteiger partial charge in [-0.25, -0.2) is 0 Å². The van der Waals surface area contributed by atoms with E-state index >= 15 is 0 Å². The zero-order valence-electron chi connectivity index (χ0n) is 10.7. The minimum atomic E-state index is 1.06.